The molecule has 0 saturated carbocycles. The van der Waals surface area contributed by atoms with Crippen molar-refractivity contribution >= 4 is 18.2 Å². The number of ether oxygens (including phenoxy) is 2. The number of amides is 2. The van der Waals surface area contributed by atoms with E-state index < -0.39 is 41.5 Å². The lowest BCUT2D eigenvalue weighted by atomic mass is 10.1. The van der Waals surface area contributed by atoms with Gasteiger partial charge in [-0.25, -0.2) is 19.4 Å². The molecule has 0 aromatic heterocycles. The van der Waals surface area contributed by atoms with Gasteiger partial charge in [0, 0.05) is 6.42 Å². The molecule has 0 bridgehead atoms. The average molecular weight is 346 g/mol. The van der Waals surface area contributed by atoms with E-state index in [0.29, 0.717) is 5.01 Å². The highest BCUT2D eigenvalue weighted by Gasteiger charge is 2.46. The van der Waals surface area contributed by atoms with Gasteiger partial charge >= 0.3 is 18.2 Å². The molecule has 1 fully saturated rings. The second kappa shape index (κ2) is 6.84. The average Bonchev–Trinajstić information content (AvgIpc) is 2.33. The van der Waals surface area contributed by atoms with Gasteiger partial charge in [0.15, 0.2) is 6.04 Å². The third-order valence-electron chi connectivity index (χ3n) is 2.90. The number of hydrogen-bond acceptors (Lipinski definition) is 6. The van der Waals surface area contributed by atoms with Crippen LogP contribution in [0.2, 0.25) is 0 Å². The third-order valence-corrected chi connectivity index (χ3v) is 2.90. The largest absolute Gasteiger partial charge is 0.480 e. The maximum atomic E-state index is 12.4. The van der Waals surface area contributed by atoms with E-state index in [0.717, 1.165) is 5.01 Å². The molecule has 24 heavy (non-hydrogen) atoms. The summed E-state index contributed by atoms with van der Waals surface area (Å²) in [6.45, 7) is 9.51. The zero-order chi connectivity index (χ0) is 18.9. The first-order chi connectivity index (χ1) is 10.7. The molecule has 0 aliphatic carbocycles. The van der Waals surface area contributed by atoms with Crippen molar-refractivity contribution in [2.24, 2.45) is 0 Å². The molecule has 0 aromatic carbocycles. The maximum Gasteiger partial charge on any atom is 0.430 e. The zero-order valence-corrected chi connectivity index (χ0v) is 14.9. The Kier molecular flexibility index (Phi) is 5.70. The topological polar surface area (TPSA) is 117 Å². The van der Waals surface area contributed by atoms with Gasteiger partial charge in [-0.1, -0.05) is 0 Å². The zero-order valence-electron chi connectivity index (χ0n) is 14.9. The molecule has 0 radical (unpaired) electrons. The molecular weight excluding hydrogens is 320 g/mol. The minimum absolute atomic E-state index is 0.214. The molecule has 1 saturated heterocycles. The Morgan fingerprint density at radius 2 is 1.42 bits per heavy atom. The fourth-order valence-corrected chi connectivity index (χ4v) is 2.10. The highest BCUT2D eigenvalue weighted by Crippen LogP contribution is 2.24. The van der Waals surface area contributed by atoms with Crippen LogP contribution in [0.5, 0.6) is 0 Å². The summed E-state index contributed by atoms with van der Waals surface area (Å²) in [5, 5.41) is 20.7. The van der Waals surface area contributed by atoms with Gasteiger partial charge in [0.2, 0.25) is 0 Å². The number of carbonyl (C=O) groups excluding carboxylic acids is 2. The van der Waals surface area contributed by atoms with E-state index in [2.05, 4.69) is 0 Å². The SMILES string of the molecule is CC(C)(C)OC(=O)N1C[C@@H](O)C[C@@H](C(=O)O)N1C(=O)OC(C)(C)C. The van der Waals surface area contributed by atoms with E-state index in [1.165, 1.54) is 0 Å². The summed E-state index contributed by atoms with van der Waals surface area (Å²) >= 11 is 0. The molecule has 9 heteroatoms. The normalized spacial score (nSPS) is 22.1. The number of carboxylic acid groups (broad SMARTS) is 1. The predicted molar refractivity (Wildman–Crippen MR) is 83.1 cm³/mol. The molecule has 0 spiro atoms. The predicted octanol–water partition coefficient (Wildman–Crippen LogP) is 1.59. The molecule has 2 atom stereocenters. The van der Waals surface area contributed by atoms with Crippen molar-refractivity contribution in [3.63, 3.8) is 0 Å². The Hall–Kier alpha value is -2.03. The van der Waals surface area contributed by atoms with Crippen LogP contribution in [0.3, 0.4) is 0 Å². The fraction of sp³-hybridized carbons (Fsp3) is 0.800. The van der Waals surface area contributed by atoms with Crippen LogP contribution in [0, 0.1) is 0 Å². The summed E-state index contributed by atoms with van der Waals surface area (Å²) in [6.07, 6.45) is -3.24. The number of rotatable bonds is 1. The van der Waals surface area contributed by atoms with Gasteiger partial charge in [-0.05, 0) is 41.5 Å². The molecule has 1 heterocycles. The summed E-state index contributed by atoms with van der Waals surface area (Å²) < 4.78 is 10.4. The van der Waals surface area contributed by atoms with Crippen molar-refractivity contribution in [1.29, 1.82) is 0 Å². The smallest absolute Gasteiger partial charge is 0.430 e. The number of nitrogens with zero attached hydrogens (tertiary/aromatic N) is 2. The van der Waals surface area contributed by atoms with Crippen molar-refractivity contribution < 1.29 is 34.1 Å². The first-order valence-electron chi connectivity index (χ1n) is 7.65. The lowest BCUT2D eigenvalue weighted by Crippen LogP contribution is -2.64. The van der Waals surface area contributed by atoms with Gasteiger partial charge in [-0.2, -0.15) is 5.01 Å². The van der Waals surface area contributed by atoms with Gasteiger partial charge in [-0.15, -0.1) is 0 Å². The molecule has 138 valence electrons. The van der Waals surface area contributed by atoms with E-state index in [4.69, 9.17) is 9.47 Å². The standard InChI is InChI=1S/C15H26N2O7/c1-14(2,3)23-12(21)16-8-9(18)7-10(11(19)20)17(16)13(22)24-15(4,5)6/h9-10,18H,7-8H2,1-6H3,(H,19,20)/t9-,10-/m0/s1. The fourth-order valence-electron chi connectivity index (χ4n) is 2.10. The van der Waals surface area contributed by atoms with Crippen molar-refractivity contribution in [1.82, 2.24) is 10.0 Å². The van der Waals surface area contributed by atoms with Crippen LogP contribution in [0.25, 0.3) is 0 Å². The molecule has 1 aliphatic rings. The van der Waals surface area contributed by atoms with E-state index >= 15 is 0 Å². The summed E-state index contributed by atoms with van der Waals surface area (Å²) in [5.41, 5.74) is -1.73. The summed E-state index contributed by atoms with van der Waals surface area (Å²) in [7, 11) is 0. The van der Waals surface area contributed by atoms with Crippen LogP contribution in [-0.2, 0) is 14.3 Å². The highest BCUT2D eigenvalue weighted by molar-refractivity contribution is 5.82. The van der Waals surface area contributed by atoms with Crippen LogP contribution in [0.1, 0.15) is 48.0 Å². The van der Waals surface area contributed by atoms with Gasteiger partial charge in [0.1, 0.15) is 11.2 Å². The monoisotopic (exact) mass is 346 g/mol. The maximum absolute atomic E-state index is 12.4. The summed E-state index contributed by atoms with van der Waals surface area (Å²) in [6, 6.07) is -1.43. The highest BCUT2D eigenvalue weighted by atomic mass is 16.6. The Morgan fingerprint density at radius 1 is 0.958 bits per heavy atom. The lowest BCUT2D eigenvalue weighted by Gasteiger charge is -2.43. The lowest BCUT2D eigenvalue weighted by molar-refractivity contribution is -0.162. The molecule has 1 rings (SSSR count). The van der Waals surface area contributed by atoms with Gasteiger partial charge in [0.05, 0.1) is 12.6 Å². The van der Waals surface area contributed by atoms with Crippen LogP contribution >= 0.6 is 0 Å². The first kappa shape index (κ1) is 20.0. The van der Waals surface area contributed by atoms with Crippen LogP contribution < -0.4 is 0 Å². The first-order valence-corrected chi connectivity index (χ1v) is 7.65. The number of β-amino-alcohol motifs (C(OH)–C–C–N with tert-alkyl or cyclic N) is 1. The van der Waals surface area contributed by atoms with E-state index in [9.17, 15) is 24.6 Å². The number of hydrogen-bond donors (Lipinski definition) is 2. The number of aliphatic hydroxyl groups is 1. The summed E-state index contributed by atoms with van der Waals surface area (Å²) in [5.74, 6) is -1.35. The number of carboxylic acids is 1. The Morgan fingerprint density at radius 3 is 1.83 bits per heavy atom. The van der Waals surface area contributed by atoms with E-state index in [-0.39, 0.29) is 13.0 Å². The second-order valence-electron chi connectivity index (χ2n) is 7.63. The van der Waals surface area contributed by atoms with E-state index in [1.54, 1.807) is 41.5 Å². The minimum Gasteiger partial charge on any atom is -0.480 e. The quantitative estimate of drug-likeness (QED) is 0.740. The second-order valence-corrected chi connectivity index (χ2v) is 7.63. The number of aliphatic carboxylic acids is 1. The molecule has 0 aromatic rings. The van der Waals surface area contributed by atoms with E-state index in [1.807, 2.05) is 0 Å². The third kappa shape index (κ3) is 5.55. The molecule has 2 N–H and O–H groups in total. The van der Waals surface area contributed by atoms with Crippen LogP contribution in [0.4, 0.5) is 9.59 Å². The molecular formula is C15H26N2O7. The van der Waals surface area contributed by atoms with Crippen molar-refractivity contribution in [2.75, 3.05) is 6.54 Å². The molecule has 0 unspecified atom stereocenters. The van der Waals surface area contributed by atoms with Crippen molar-refractivity contribution in [3.05, 3.63) is 0 Å². The van der Waals surface area contributed by atoms with Crippen LogP contribution in [0.15, 0.2) is 0 Å². The van der Waals surface area contributed by atoms with Crippen molar-refractivity contribution in [2.45, 2.75) is 71.3 Å². The van der Waals surface area contributed by atoms with Gasteiger partial charge < -0.3 is 19.7 Å². The molecule has 9 nitrogen and oxygen atoms in total. The number of aliphatic hydroxyl groups excluding tert-OH is 1. The van der Waals surface area contributed by atoms with Gasteiger partial charge in [0.25, 0.3) is 0 Å². The Labute approximate surface area is 141 Å². The number of hydrazine groups is 1. The summed E-state index contributed by atoms with van der Waals surface area (Å²) in [4.78, 5) is 36.3. The minimum atomic E-state index is -1.43. The molecule has 1 aliphatic heterocycles. The Balaban J connectivity index is 3.16. The van der Waals surface area contributed by atoms with Gasteiger partial charge in [-0.3, -0.25) is 0 Å². The Bertz CT molecular complexity index is 507. The van der Waals surface area contributed by atoms with Crippen LogP contribution in [-0.4, -0.2) is 68.3 Å². The van der Waals surface area contributed by atoms with Crippen molar-refractivity contribution in [3.8, 4) is 0 Å². The molecule has 2 amide bonds. The number of carbonyl (C=O) groups is 3.